The molecule has 0 saturated carbocycles. The van der Waals surface area contributed by atoms with Crippen molar-refractivity contribution in [1.29, 1.82) is 0 Å². The highest BCUT2D eigenvalue weighted by Crippen LogP contribution is 2.48. The predicted octanol–water partition coefficient (Wildman–Crippen LogP) is 4.39. The minimum atomic E-state index is -5.32. The minimum absolute atomic E-state index is 0.354. The molecule has 0 aliphatic carbocycles. The summed E-state index contributed by atoms with van der Waals surface area (Å²) in [4.78, 5) is -4.26. The molecule has 0 spiro atoms. The van der Waals surface area contributed by atoms with Gasteiger partial charge < -0.3 is 10.8 Å². The van der Waals surface area contributed by atoms with Crippen LogP contribution in [0.15, 0.2) is 88.6 Å². The first-order valence-electron chi connectivity index (χ1n) is 11.8. The van der Waals surface area contributed by atoms with Gasteiger partial charge in [-0.2, -0.15) is 33.7 Å². The number of rotatable bonds is 8. The molecule has 4 aromatic carbocycles. The lowest BCUT2D eigenvalue weighted by atomic mass is 10.1. The third kappa shape index (κ3) is 7.00. The fraction of sp³-hybridized carbons (Fsp3) is 0.0435. The maximum Gasteiger partial charge on any atom is 0.296 e. The topological polar surface area (TPSA) is 313 Å². The number of aryl methyl sites for hydroxylation is 1. The van der Waals surface area contributed by atoms with E-state index >= 15 is 0 Å². The first-order valence-corrected chi connectivity index (χ1v) is 17.5. The van der Waals surface area contributed by atoms with Crippen LogP contribution in [0.2, 0.25) is 0 Å². The smallest absolute Gasteiger partial charge is 0.296 e. The molecule has 7 N–H and O–H groups in total. The predicted molar refractivity (Wildman–Crippen MR) is 155 cm³/mol. The van der Waals surface area contributed by atoms with Gasteiger partial charge in [0.25, 0.3) is 40.5 Å². The third-order valence-electron chi connectivity index (χ3n) is 5.98. The molecule has 0 bridgehead atoms. The molecule has 46 heavy (non-hydrogen) atoms. The molecule has 0 atom stereocenters. The van der Waals surface area contributed by atoms with Gasteiger partial charge in [0, 0.05) is 0 Å². The summed E-state index contributed by atoms with van der Waals surface area (Å²) in [5, 5.41) is 24.0. The molecule has 4 aromatic rings. The largest absolute Gasteiger partial charge is 0.505 e. The van der Waals surface area contributed by atoms with Crippen LogP contribution < -0.4 is 5.73 Å². The molecular formula is C23H18FN5O13S4. The molecule has 0 radical (unpaired) electrons. The van der Waals surface area contributed by atoms with Gasteiger partial charge in [-0.1, -0.05) is 6.07 Å². The van der Waals surface area contributed by atoms with Crippen molar-refractivity contribution in [2.45, 2.75) is 26.5 Å². The summed E-state index contributed by atoms with van der Waals surface area (Å²) in [5.41, 5.74) is 2.20. The Morgan fingerprint density at radius 1 is 0.609 bits per heavy atom. The number of benzene rings is 4. The van der Waals surface area contributed by atoms with E-state index in [0.717, 1.165) is 18.2 Å². The average molecular weight is 720 g/mol. The molecule has 244 valence electrons. The number of azo groups is 2. The molecule has 23 heteroatoms. The summed E-state index contributed by atoms with van der Waals surface area (Å²) in [7, 11) is -20.6. The lowest BCUT2D eigenvalue weighted by molar-refractivity contribution is 0.472. The SMILES string of the molecule is Cc1ccc(N=Nc2c(S(=O)(=O)O)cc3cc(S(=O)(=O)O)c(N=Nc4ccc(F)cc4S(=O)(=O)O)c(N)c3c2O)c(S(=O)(=O)O)c1. The lowest BCUT2D eigenvalue weighted by Crippen LogP contribution is -2.04. The Hall–Kier alpha value is -4.49. The molecule has 0 heterocycles. The number of hydrogen-bond donors (Lipinski definition) is 6. The highest BCUT2D eigenvalue weighted by Gasteiger charge is 2.28. The molecule has 0 unspecified atom stereocenters. The molecule has 0 aromatic heterocycles. The van der Waals surface area contributed by atoms with E-state index in [1.54, 1.807) is 0 Å². The van der Waals surface area contributed by atoms with Crippen LogP contribution in [0.25, 0.3) is 10.8 Å². The number of aromatic hydroxyl groups is 1. The van der Waals surface area contributed by atoms with Gasteiger partial charge in [-0.25, -0.2) is 4.39 Å². The van der Waals surface area contributed by atoms with Crippen LogP contribution in [0.5, 0.6) is 5.75 Å². The van der Waals surface area contributed by atoms with Crippen LogP contribution >= 0.6 is 0 Å². The molecule has 0 aliphatic rings. The number of phenolic OH excluding ortho intramolecular Hbond substituents is 1. The van der Waals surface area contributed by atoms with E-state index in [-0.39, 0.29) is 0 Å². The number of phenols is 1. The Morgan fingerprint density at radius 2 is 1.04 bits per heavy atom. The number of fused-ring (bicyclic) bond motifs is 1. The van der Waals surface area contributed by atoms with Crippen molar-refractivity contribution in [2.75, 3.05) is 5.73 Å². The molecule has 4 rings (SSSR count). The van der Waals surface area contributed by atoms with Crippen molar-refractivity contribution in [3.8, 4) is 5.75 Å². The second kappa shape index (κ2) is 11.7. The van der Waals surface area contributed by atoms with Crippen LogP contribution in [0.4, 0.5) is 32.8 Å². The monoisotopic (exact) mass is 719 g/mol. The van der Waals surface area contributed by atoms with Gasteiger partial charge in [0.2, 0.25) is 0 Å². The fourth-order valence-electron chi connectivity index (χ4n) is 4.00. The van der Waals surface area contributed by atoms with E-state index in [1.807, 2.05) is 0 Å². The van der Waals surface area contributed by atoms with E-state index in [0.29, 0.717) is 29.8 Å². The van der Waals surface area contributed by atoms with Crippen LogP contribution in [-0.2, 0) is 40.5 Å². The molecule has 0 amide bonds. The quantitative estimate of drug-likeness (QED) is 0.0836. The number of hydrogen-bond acceptors (Lipinski definition) is 14. The molecule has 18 nitrogen and oxygen atoms in total. The zero-order valence-corrected chi connectivity index (χ0v) is 25.8. The van der Waals surface area contributed by atoms with Gasteiger partial charge in [-0.05, 0) is 60.3 Å². The minimum Gasteiger partial charge on any atom is -0.505 e. The van der Waals surface area contributed by atoms with Gasteiger partial charge in [-0.3, -0.25) is 18.2 Å². The van der Waals surface area contributed by atoms with E-state index < -0.39 is 111 Å². The number of nitrogen functional groups attached to an aromatic ring is 1. The van der Waals surface area contributed by atoms with Gasteiger partial charge in [0.1, 0.15) is 48.1 Å². The van der Waals surface area contributed by atoms with Crippen LogP contribution in [0, 0.1) is 12.7 Å². The van der Waals surface area contributed by atoms with Crippen molar-refractivity contribution in [1.82, 2.24) is 0 Å². The Labute approximate surface area is 258 Å². The van der Waals surface area contributed by atoms with Crippen LogP contribution in [-0.4, -0.2) is 57.0 Å². The van der Waals surface area contributed by atoms with Crippen molar-refractivity contribution >= 4 is 79.7 Å². The van der Waals surface area contributed by atoms with Gasteiger partial charge in [0.05, 0.1) is 11.1 Å². The zero-order chi connectivity index (χ0) is 34.6. The fourth-order valence-corrected chi connectivity index (χ4v) is 6.67. The highest BCUT2D eigenvalue weighted by atomic mass is 32.2. The summed E-state index contributed by atoms with van der Waals surface area (Å²) < 4.78 is 148. The summed E-state index contributed by atoms with van der Waals surface area (Å²) in [5.74, 6) is -2.34. The average Bonchev–Trinajstić information content (AvgIpc) is 2.90. The first-order chi connectivity index (χ1) is 21.0. The first kappa shape index (κ1) is 34.4. The van der Waals surface area contributed by atoms with Gasteiger partial charge >= 0.3 is 0 Å². The van der Waals surface area contributed by atoms with Gasteiger partial charge in [0.15, 0.2) is 5.75 Å². The molecular weight excluding hydrogens is 702 g/mol. The van der Waals surface area contributed by atoms with Crippen molar-refractivity contribution in [3.05, 3.63) is 59.9 Å². The normalized spacial score (nSPS) is 13.3. The summed E-state index contributed by atoms with van der Waals surface area (Å²) in [6, 6.07) is 6.29. The Bertz CT molecular complexity index is 2300. The maximum atomic E-state index is 13.6. The number of anilines is 1. The maximum absolute atomic E-state index is 13.6. The van der Waals surface area contributed by atoms with Crippen molar-refractivity contribution in [2.24, 2.45) is 20.5 Å². The second-order valence-electron chi connectivity index (χ2n) is 9.19. The zero-order valence-electron chi connectivity index (χ0n) is 22.5. The summed E-state index contributed by atoms with van der Waals surface area (Å²) >= 11 is 0. The summed E-state index contributed by atoms with van der Waals surface area (Å²) in [6.45, 7) is 1.47. The van der Waals surface area contributed by atoms with E-state index in [9.17, 15) is 61.4 Å². The summed E-state index contributed by atoms with van der Waals surface area (Å²) in [6.07, 6.45) is 0. The van der Waals surface area contributed by atoms with Crippen LogP contribution in [0.1, 0.15) is 5.56 Å². The molecule has 0 saturated heterocycles. The van der Waals surface area contributed by atoms with Gasteiger partial charge in [-0.15, -0.1) is 20.5 Å². The number of halogens is 1. The van der Waals surface area contributed by atoms with E-state index in [2.05, 4.69) is 20.5 Å². The number of nitrogens with zero attached hydrogens (tertiary/aromatic N) is 4. The van der Waals surface area contributed by atoms with E-state index in [1.165, 1.54) is 13.0 Å². The Morgan fingerprint density at radius 3 is 1.54 bits per heavy atom. The Kier molecular flexibility index (Phi) is 8.75. The third-order valence-corrected chi connectivity index (χ3v) is 9.48. The molecule has 0 aliphatic heterocycles. The molecule has 0 fully saturated rings. The van der Waals surface area contributed by atoms with Crippen molar-refractivity contribution in [3.63, 3.8) is 0 Å². The van der Waals surface area contributed by atoms with Crippen molar-refractivity contribution < 1.29 is 61.4 Å². The van der Waals surface area contributed by atoms with Crippen LogP contribution in [0.3, 0.4) is 0 Å². The highest BCUT2D eigenvalue weighted by molar-refractivity contribution is 7.86. The lowest BCUT2D eigenvalue weighted by Gasteiger charge is -2.14. The standard InChI is InChI=1S/C23H18FN5O13S4/c1-10-2-4-13(15(6-10)43(31,32)33)27-29-22-18(46(40,41)42)8-11-7-17(45(37,38)39)21(20(25)19(11)23(22)30)28-26-14-5-3-12(24)9-16(14)44(34,35)36/h2-9,30H,25H2,1H3,(H,31,32,33)(H,34,35,36)(H,37,38,39)(H,40,41,42). The Balaban J connectivity index is 2.07. The second-order valence-corrected chi connectivity index (χ2v) is 14.8. The number of nitrogens with two attached hydrogens (primary N) is 1. The van der Waals surface area contributed by atoms with E-state index in [4.69, 9.17) is 5.73 Å².